The van der Waals surface area contributed by atoms with E-state index in [1.54, 1.807) is 50.4 Å². The van der Waals surface area contributed by atoms with Crippen molar-refractivity contribution in [1.29, 1.82) is 0 Å². The lowest BCUT2D eigenvalue weighted by Crippen LogP contribution is -2.30. The monoisotopic (exact) mass is 831 g/mol. The predicted octanol–water partition coefficient (Wildman–Crippen LogP) is 6.28. The number of ketones is 1. The predicted molar refractivity (Wildman–Crippen MR) is 235 cm³/mol. The van der Waals surface area contributed by atoms with Gasteiger partial charge in [-0.15, -0.1) is 0 Å². The number of H-pyrrole nitrogens is 1. The first-order valence-corrected chi connectivity index (χ1v) is 20.6. The van der Waals surface area contributed by atoms with Crippen LogP contribution < -0.4 is 24.8 Å². The number of aromatic amines is 1. The molecule has 12 heteroatoms. The van der Waals surface area contributed by atoms with Crippen LogP contribution in [0.25, 0.3) is 10.8 Å². The number of carbonyl (C=O) groups is 1. The molecule has 0 amide bonds. The van der Waals surface area contributed by atoms with Crippen LogP contribution in [-0.2, 0) is 37.0 Å². The van der Waals surface area contributed by atoms with E-state index in [4.69, 9.17) is 14.2 Å². The zero-order chi connectivity index (χ0) is 43.3. The molecule has 5 aromatic carbocycles. The summed E-state index contributed by atoms with van der Waals surface area (Å²) in [5, 5.41) is 61.6. The summed E-state index contributed by atoms with van der Waals surface area (Å²) in [7, 11) is 3.34. The number of rotatable bonds is 23. The normalized spacial score (nSPS) is 13.4. The van der Waals surface area contributed by atoms with Gasteiger partial charge >= 0.3 is 0 Å². The molecule has 0 unspecified atom stereocenters. The van der Waals surface area contributed by atoms with Crippen LogP contribution in [0.5, 0.6) is 28.7 Å². The second kappa shape index (κ2) is 21.6. The molecule has 6 aromatic rings. The molecule has 0 spiro atoms. The average molecular weight is 832 g/mol. The quantitative estimate of drug-likeness (QED) is 0.0269. The Morgan fingerprint density at radius 2 is 1.64 bits per heavy atom. The number of aliphatic hydroxyl groups is 3. The number of aromatic nitrogens is 1. The first-order valence-electron chi connectivity index (χ1n) is 20.6. The molecule has 0 aliphatic carbocycles. The Kier molecular flexibility index (Phi) is 15.8. The molecule has 0 aliphatic rings. The fraction of sp³-hybridized carbons (Fsp3) is 0.327. The van der Waals surface area contributed by atoms with Crippen molar-refractivity contribution in [3.8, 4) is 28.7 Å². The zero-order valence-corrected chi connectivity index (χ0v) is 34.9. The van der Waals surface area contributed by atoms with Crippen molar-refractivity contribution in [2.45, 2.75) is 63.7 Å². The van der Waals surface area contributed by atoms with E-state index >= 15 is 0 Å². The number of benzene rings is 5. The standard InChI is InChI=1S/C49H57N3O9/c1-31(54)26-52-29-60-48-21-32(11-14-47(48)61-30-53)20-42(38-18-34(27-50-2)19-40(55)23-38)46(58)25-45(57)39(17-33-15-16-51-28-33)22-37-12-13-44(56)49(59-3)43(37)24-36-9-6-8-35-7-4-5-10-41(35)36/h4-16,18-19,21,23,28,31,39,42,45,50-57H,17,20,22,24-27,29-30H2,1-3H3/t31-,39+,42+,45+/m0/s1. The van der Waals surface area contributed by atoms with Gasteiger partial charge in [-0.05, 0) is 120 Å². The lowest BCUT2D eigenvalue weighted by Gasteiger charge is -2.27. The number of aliphatic hydroxyl groups excluding tert-OH is 3. The van der Waals surface area contributed by atoms with Gasteiger partial charge in [-0.1, -0.05) is 60.7 Å². The molecule has 0 radical (unpaired) electrons. The number of carbonyl (C=O) groups excluding carboxylic acids is 1. The zero-order valence-electron chi connectivity index (χ0n) is 34.9. The van der Waals surface area contributed by atoms with E-state index < -0.39 is 30.8 Å². The number of hydrogen-bond acceptors (Lipinski definition) is 11. The Morgan fingerprint density at radius 1 is 0.820 bits per heavy atom. The lowest BCUT2D eigenvalue weighted by atomic mass is 9.80. The van der Waals surface area contributed by atoms with Gasteiger partial charge < -0.3 is 50.0 Å². The van der Waals surface area contributed by atoms with Crippen LogP contribution >= 0.6 is 0 Å². The molecule has 1 aromatic heterocycles. The van der Waals surface area contributed by atoms with E-state index in [0.717, 1.165) is 44.2 Å². The largest absolute Gasteiger partial charge is 0.508 e. The third-order valence-electron chi connectivity index (χ3n) is 11.0. The first-order chi connectivity index (χ1) is 29.6. The molecule has 61 heavy (non-hydrogen) atoms. The van der Waals surface area contributed by atoms with Gasteiger partial charge in [0.15, 0.2) is 29.8 Å². The van der Waals surface area contributed by atoms with Gasteiger partial charge in [0, 0.05) is 49.8 Å². The minimum absolute atomic E-state index is 0.0198. The summed E-state index contributed by atoms with van der Waals surface area (Å²) in [5.74, 6) is -0.370. The van der Waals surface area contributed by atoms with Gasteiger partial charge in [0.25, 0.3) is 0 Å². The summed E-state index contributed by atoms with van der Waals surface area (Å²) in [6.45, 7) is 1.91. The van der Waals surface area contributed by atoms with E-state index in [9.17, 15) is 30.3 Å². The SMILES string of the molecule is CNCc1cc(O)cc([C@@H](Cc2ccc(OCO)c(OCNC[C@H](C)O)c2)C(=O)C[C@@H](O)[C@H](Cc2cc[nH]c2)Cc2ccc(O)c(OC)c2Cc2cccc3ccccc23)c1. The summed E-state index contributed by atoms with van der Waals surface area (Å²) >= 11 is 0. The fourth-order valence-electron chi connectivity index (χ4n) is 8.07. The molecule has 0 bridgehead atoms. The number of phenols is 2. The van der Waals surface area contributed by atoms with Crippen molar-refractivity contribution < 1.29 is 44.5 Å². The van der Waals surface area contributed by atoms with E-state index in [1.807, 2.05) is 48.8 Å². The maximum absolute atomic E-state index is 14.8. The highest BCUT2D eigenvalue weighted by Crippen LogP contribution is 2.38. The van der Waals surface area contributed by atoms with Gasteiger partial charge in [0.05, 0.1) is 19.3 Å². The fourth-order valence-corrected chi connectivity index (χ4v) is 8.07. The van der Waals surface area contributed by atoms with E-state index in [2.05, 4.69) is 39.9 Å². The Hall–Kier alpha value is -5.89. The van der Waals surface area contributed by atoms with Crippen LogP contribution in [0.15, 0.2) is 109 Å². The molecule has 8 N–H and O–H groups in total. The van der Waals surface area contributed by atoms with Gasteiger partial charge in [-0.25, -0.2) is 0 Å². The molecule has 322 valence electrons. The summed E-state index contributed by atoms with van der Waals surface area (Å²) < 4.78 is 17.2. The molecule has 6 rings (SSSR count). The summed E-state index contributed by atoms with van der Waals surface area (Å²) in [6.07, 6.45) is 3.41. The molecular weight excluding hydrogens is 775 g/mol. The summed E-state index contributed by atoms with van der Waals surface area (Å²) in [5.41, 5.74) is 5.84. The third-order valence-corrected chi connectivity index (χ3v) is 11.0. The number of aromatic hydroxyl groups is 2. The van der Waals surface area contributed by atoms with E-state index in [-0.39, 0.29) is 36.9 Å². The minimum atomic E-state index is -1.08. The summed E-state index contributed by atoms with van der Waals surface area (Å²) in [6, 6.07) is 30.1. The summed E-state index contributed by atoms with van der Waals surface area (Å²) in [4.78, 5) is 17.9. The van der Waals surface area contributed by atoms with Crippen LogP contribution in [0.4, 0.5) is 0 Å². The highest BCUT2D eigenvalue weighted by atomic mass is 16.6. The maximum atomic E-state index is 14.8. The number of methoxy groups -OCH3 is 1. The molecule has 0 fully saturated rings. The smallest absolute Gasteiger partial charge is 0.186 e. The second-order valence-electron chi connectivity index (χ2n) is 15.6. The number of hydrogen-bond donors (Lipinski definition) is 8. The van der Waals surface area contributed by atoms with Crippen LogP contribution in [0.2, 0.25) is 0 Å². The second-order valence-corrected chi connectivity index (χ2v) is 15.6. The average Bonchev–Trinajstić information content (AvgIpc) is 3.76. The Balaban J connectivity index is 1.33. The number of Topliss-reactive ketones (excluding diaryl/α,β-unsaturated/α-hetero) is 1. The molecule has 0 saturated carbocycles. The minimum Gasteiger partial charge on any atom is -0.508 e. The third kappa shape index (κ3) is 11.9. The first kappa shape index (κ1) is 44.7. The Labute approximate surface area is 356 Å². The molecule has 0 saturated heterocycles. The van der Waals surface area contributed by atoms with Crippen molar-refractivity contribution in [1.82, 2.24) is 15.6 Å². The Morgan fingerprint density at radius 3 is 2.39 bits per heavy atom. The number of nitrogens with one attached hydrogen (secondary N) is 3. The van der Waals surface area contributed by atoms with Gasteiger partial charge in [0.2, 0.25) is 0 Å². The van der Waals surface area contributed by atoms with Crippen LogP contribution in [-0.4, -0.2) is 82.7 Å². The van der Waals surface area contributed by atoms with Crippen LogP contribution in [0.1, 0.15) is 58.2 Å². The van der Waals surface area contributed by atoms with Gasteiger partial charge in [-0.3, -0.25) is 10.1 Å². The maximum Gasteiger partial charge on any atom is 0.186 e. The lowest BCUT2D eigenvalue weighted by molar-refractivity contribution is -0.123. The van der Waals surface area contributed by atoms with Crippen molar-refractivity contribution >= 4 is 16.6 Å². The van der Waals surface area contributed by atoms with Gasteiger partial charge in [-0.2, -0.15) is 0 Å². The molecule has 1 heterocycles. The van der Waals surface area contributed by atoms with Crippen molar-refractivity contribution in [3.63, 3.8) is 0 Å². The molecule has 4 atom stereocenters. The highest BCUT2D eigenvalue weighted by Gasteiger charge is 2.30. The number of ether oxygens (including phenoxy) is 3. The number of phenolic OH excluding ortho intramolecular Hbond substituents is 2. The van der Waals surface area contributed by atoms with Crippen molar-refractivity contribution in [2.24, 2.45) is 5.92 Å². The molecule has 12 nitrogen and oxygen atoms in total. The topological polar surface area (TPSA) is 186 Å². The van der Waals surface area contributed by atoms with Crippen LogP contribution in [0, 0.1) is 5.92 Å². The van der Waals surface area contributed by atoms with Gasteiger partial charge in [0.1, 0.15) is 18.3 Å². The van der Waals surface area contributed by atoms with E-state index in [0.29, 0.717) is 55.2 Å². The molecule has 0 aliphatic heterocycles. The Bertz CT molecular complexity index is 2340. The number of fused-ring (bicyclic) bond motifs is 1. The van der Waals surface area contributed by atoms with Crippen molar-refractivity contribution in [2.75, 3.05) is 34.2 Å². The molecular formula is C49H57N3O9. The highest BCUT2D eigenvalue weighted by molar-refractivity contribution is 5.87. The van der Waals surface area contributed by atoms with Crippen LogP contribution in [0.3, 0.4) is 0 Å². The van der Waals surface area contributed by atoms with E-state index in [1.165, 1.54) is 7.11 Å². The van der Waals surface area contributed by atoms with Crippen molar-refractivity contribution in [3.05, 3.63) is 148 Å².